The van der Waals surface area contributed by atoms with Crippen LogP contribution in [-0.4, -0.2) is 75.2 Å². The number of likely N-dealkylation sites (tertiary alicyclic amines) is 1. The second kappa shape index (κ2) is 11.7. The lowest BCUT2D eigenvalue weighted by Crippen LogP contribution is -3.14. The van der Waals surface area contributed by atoms with Gasteiger partial charge in [-0.05, 0) is 49.2 Å². The van der Waals surface area contributed by atoms with Gasteiger partial charge in [0.25, 0.3) is 5.91 Å². The fourth-order valence-corrected chi connectivity index (χ4v) is 4.70. The number of morpholine rings is 1. The molecular formula is C28H31FN2O7. The summed E-state index contributed by atoms with van der Waals surface area (Å²) in [6.07, 6.45) is -0.269. The molecule has 0 radical (unpaired) electrons. The van der Waals surface area contributed by atoms with Gasteiger partial charge in [0.1, 0.15) is 13.1 Å². The maximum atomic E-state index is 14.7. The van der Waals surface area contributed by atoms with Crippen molar-refractivity contribution in [3.8, 4) is 5.75 Å². The number of benzene rings is 2. The Bertz CT molecular complexity index is 1240. The summed E-state index contributed by atoms with van der Waals surface area (Å²) in [5.74, 6) is -3.74. The molecule has 0 saturated carbocycles. The third-order valence-electron chi connectivity index (χ3n) is 6.64. The molecule has 0 aliphatic carbocycles. The van der Waals surface area contributed by atoms with Crippen molar-refractivity contribution in [2.75, 3.05) is 46.5 Å². The fourth-order valence-electron chi connectivity index (χ4n) is 4.70. The van der Waals surface area contributed by atoms with Gasteiger partial charge in [-0.2, -0.15) is 0 Å². The first kappa shape index (κ1) is 27.3. The number of Topliss-reactive ketones (excluding diaryl/α,β-unsaturated/α-hetero) is 1. The Morgan fingerprint density at radius 2 is 1.79 bits per heavy atom. The number of carbonyl (C=O) groups excluding carboxylic acids is 3. The molecule has 2 aromatic carbocycles. The van der Waals surface area contributed by atoms with Crippen molar-refractivity contribution < 1.29 is 43.0 Å². The predicted octanol–water partition coefficient (Wildman–Crippen LogP) is 0.539. The highest BCUT2D eigenvalue weighted by Crippen LogP contribution is 2.39. The van der Waals surface area contributed by atoms with Crippen molar-refractivity contribution in [1.82, 2.24) is 4.90 Å². The van der Waals surface area contributed by atoms with E-state index in [1.54, 1.807) is 26.0 Å². The number of hydrogen-bond acceptors (Lipinski definition) is 7. The normalized spacial score (nSPS) is 19.7. The Balaban J connectivity index is 1.74. The summed E-state index contributed by atoms with van der Waals surface area (Å²) in [6, 6.07) is 8.96. The van der Waals surface area contributed by atoms with E-state index in [9.17, 15) is 23.9 Å². The van der Waals surface area contributed by atoms with Gasteiger partial charge in [-0.25, -0.2) is 9.18 Å². The van der Waals surface area contributed by atoms with E-state index >= 15 is 0 Å². The lowest BCUT2D eigenvalue weighted by Gasteiger charge is -2.30. The predicted molar refractivity (Wildman–Crippen MR) is 133 cm³/mol. The largest absolute Gasteiger partial charge is 0.872 e. The van der Waals surface area contributed by atoms with E-state index < -0.39 is 35.3 Å². The number of ketones is 1. The van der Waals surface area contributed by atoms with Crippen LogP contribution in [0.1, 0.15) is 41.4 Å². The number of hydrogen-bond donors (Lipinski definition) is 1. The molecule has 2 aliphatic rings. The quantitative estimate of drug-likeness (QED) is 0.231. The molecule has 2 aliphatic heterocycles. The van der Waals surface area contributed by atoms with Gasteiger partial charge in [-0.3, -0.25) is 9.59 Å². The molecular weight excluding hydrogens is 495 g/mol. The van der Waals surface area contributed by atoms with Crippen molar-refractivity contribution in [3.63, 3.8) is 0 Å². The molecule has 0 spiro atoms. The van der Waals surface area contributed by atoms with E-state index in [0.29, 0.717) is 25.3 Å². The Hall–Kier alpha value is -3.76. The number of nitrogens with zero attached hydrogens (tertiary/aromatic N) is 1. The first-order valence-electron chi connectivity index (χ1n) is 12.5. The number of halogens is 1. The molecule has 2 fully saturated rings. The van der Waals surface area contributed by atoms with Crippen LogP contribution >= 0.6 is 0 Å². The molecule has 1 amide bonds. The average molecular weight is 527 g/mol. The molecule has 0 aromatic heterocycles. The fraction of sp³-hybridized carbons (Fsp3) is 0.393. The molecule has 38 heavy (non-hydrogen) atoms. The van der Waals surface area contributed by atoms with Crippen molar-refractivity contribution in [2.24, 2.45) is 0 Å². The van der Waals surface area contributed by atoms with Gasteiger partial charge in [0.15, 0.2) is 11.6 Å². The second-order valence-electron chi connectivity index (χ2n) is 9.51. The molecule has 1 atom stereocenters. The highest BCUT2D eigenvalue weighted by atomic mass is 19.1. The van der Waals surface area contributed by atoms with Crippen molar-refractivity contribution in [2.45, 2.75) is 26.0 Å². The van der Waals surface area contributed by atoms with Crippen LogP contribution in [0.4, 0.5) is 4.39 Å². The van der Waals surface area contributed by atoms with Crippen LogP contribution in [0.3, 0.4) is 0 Å². The Kier molecular flexibility index (Phi) is 8.43. The zero-order valence-electron chi connectivity index (χ0n) is 21.6. The first-order chi connectivity index (χ1) is 18.2. The van der Waals surface area contributed by atoms with Crippen LogP contribution in [0.15, 0.2) is 48.0 Å². The molecule has 2 aromatic rings. The molecule has 202 valence electrons. The van der Waals surface area contributed by atoms with Gasteiger partial charge in [0, 0.05) is 5.57 Å². The average Bonchev–Trinajstić information content (AvgIpc) is 3.17. The van der Waals surface area contributed by atoms with Crippen molar-refractivity contribution in [3.05, 3.63) is 70.5 Å². The van der Waals surface area contributed by atoms with Gasteiger partial charge in [-0.15, -0.1) is 0 Å². The topological polar surface area (TPSA) is 110 Å². The Morgan fingerprint density at radius 3 is 2.39 bits per heavy atom. The molecule has 1 N–H and O–H groups in total. The lowest BCUT2D eigenvalue weighted by atomic mass is 9.94. The highest BCUT2D eigenvalue weighted by molar-refractivity contribution is 6.46. The van der Waals surface area contributed by atoms with Crippen LogP contribution < -0.4 is 14.7 Å². The van der Waals surface area contributed by atoms with E-state index in [1.807, 2.05) is 0 Å². The van der Waals surface area contributed by atoms with Crippen LogP contribution in [0.2, 0.25) is 0 Å². The van der Waals surface area contributed by atoms with Gasteiger partial charge in [-0.1, -0.05) is 24.0 Å². The Labute approximate surface area is 220 Å². The smallest absolute Gasteiger partial charge is 0.337 e. The molecule has 0 bridgehead atoms. The lowest BCUT2D eigenvalue weighted by molar-refractivity contribution is -0.907. The van der Waals surface area contributed by atoms with Crippen molar-refractivity contribution >= 4 is 23.4 Å². The van der Waals surface area contributed by atoms with Crippen LogP contribution in [0.25, 0.3) is 5.76 Å². The number of ether oxygens (including phenoxy) is 3. The summed E-state index contributed by atoms with van der Waals surface area (Å²) in [7, 11) is 1.27. The third-order valence-corrected chi connectivity index (χ3v) is 6.64. The first-order valence-corrected chi connectivity index (χ1v) is 12.5. The summed E-state index contributed by atoms with van der Waals surface area (Å²) in [4.78, 5) is 40.9. The zero-order valence-corrected chi connectivity index (χ0v) is 21.6. The van der Waals surface area contributed by atoms with Crippen LogP contribution in [-0.2, 0) is 19.1 Å². The third kappa shape index (κ3) is 5.71. The number of quaternary nitrogens is 1. The number of rotatable bonds is 8. The maximum absolute atomic E-state index is 14.7. The van der Waals surface area contributed by atoms with Gasteiger partial charge in [0.2, 0.25) is 5.78 Å². The summed E-state index contributed by atoms with van der Waals surface area (Å²) >= 11 is 0. The molecule has 2 saturated heterocycles. The minimum atomic E-state index is -0.982. The van der Waals surface area contributed by atoms with E-state index in [4.69, 9.17) is 14.2 Å². The van der Waals surface area contributed by atoms with Crippen LogP contribution in [0.5, 0.6) is 5.75 Å². The Morgan fingerprint density at radius 1 is 1.13 bits per heavy atom. The van der Waals surface area contributed by atoms with Crippen LogP contribution in [0, 0.1) is 5.82 Å². The summed E-state index contributed by atoms with van der Waals surface area (Å²) in [5.41, 5.74) is 0.450. The SMILES string of the molecule is COC(=O)c1ccc(C2C(=C([O-])c3ccc(OC(C)C)c(F)c3)C(=O)C(=O)N2CC[NH+]2CCOCC2)cc1. The molecule has 9 nitrogen and oxygen atoms in total. The van der Waals surface area contributed by atoms with Gasteiger partial charge in [0.05, 0.1) is 51.1 Å². The van der Waals surface area contributed by atoms with Gasteiger partial charge < -0.3 is 29.1 Å². The van der Waals surface area contributed by atoms with E-state index in [-0.39, 0.29) is 35.1 Å². The summed E-state index contributed by atoms with van der Waals surface area (Å²) in [6.45, 7) is 7.06. The minimum Gasteiger partial charge on any atom is -0.872 e. The number of amides is 1. The number of esters is 1. The monoisotopic (exact) mass is 526 g/mol. The molecule has 4 rings (SSSR count). The van der Waals surface area contributed by atoms with Crippen molar-refractivity contribution in [1.29, 1.82) is 0 Å². The molecule has 1 unspecified atom stereocenters. The highest BCUT2D eigenvalue weighted by Gasteiger charge is 2.44. The van der Waals surface area contributed by atoms with Gasteiger partial charge >= 0.3 is 5.97 Å². The standard InChI is InChI=1S/C28H31FN2O7/c1-17(2)38-22-9-8-20(16-21(22)29)25(32)23-24(18-4-6-19(7-5-18)28(35)36-3)31(27(34)26(23)33)11-10-30-12-14-37-15-13-30/h4-9,16-17,24,32H,10-15H2,1-3H3. The molecule has 10 heteroatoms. The second-order valence-corrected chi connectivity index (χ2v) is 9.51. The maximum Gasteiger partial charge on any atom is 0.337 e. The number of methoxy groups -OCH3 is 1. The molecule has 2 heterocycles. The number of nitrogens with one attached hydrogen (secondary N) is 1. The summed E-state index contributed by atoms with van der Waals surface area (Å²) < 4.78 is 30.3. The number of carbonyl (C=O) groups is 3. The minimum absolute atomic E-state index is 0.0135. The summed E-state index contributed by atoms with van der Waals surface area (Å²) in [5, 5.41) is 13.6. The van der Waals surface area contributed by atoms with E-state index in [2.05, 4.69) is 0 Å². The van der Waals surface area contributed by atoms with E-state index in [1.165, 1.54) is 41.2 Å². The van der Waals surface area contributed by atoms with E-state index in [0.717, 1.165) is 19.2 Å². The zero-order chi connectivity index (χ0) is 27.4.